The van der Waals surface area contributed by atoms with E-state index in [9.17, 15) is 4.79 Å². The zero-order chi connectivity index (χ0) is 24.1. The van der Waals surface area contributed by atoms with Gasteiger partial charge in [0.15, 0.2) is 17.2 Å². The van der Waals surface area contributed by atoms with Gasteiger partial charge in [0.25, 0.3) is 0 Å². The van der Waals surface area contributed by atoms with Gasteiger partial charge in [0, 0.05) is 25.2 Å². The summed E-state index contributed by atoms with van der Waals surface area (Å²) in [6.07, 6.45) is 4.99. The first kappa shape index (κ1) is 24.0. The monoisotopic (exact) mass is 466 g/mol. The van der Waals surface area contributed by atoms with Crippen molar-refractivity contribution in [2.24, 2.45) is 7.05 Å². The molecule has 0 saturated carbocycles. The summed E-state index contributed by atoms with van der Waals surface area (Å²) in [4.78, 5) is 15.8. The highest BCUT2D eigenvalue weighted by Gasteiger charge is 2.20. The Morgan fingerprint density at radius 2 is 1.56 bits per heavy atom. The molecule has 0 radical (unpaired) electrons. The van der Waals surface area contributed by atoms with E-state index in [1.807, 2.05) is 41.9 Å². The lowest BCUT2D eigenvalue weighted by Gasteiger charge is -2.26. The molecule has 182 valence electrons. The fourth-order valence-electron chi connectivity index (χ4n) is 4.71. The number of hydrogen-bond acceptors (Lipinski definition) is 6. The highest BCUT2D eigenvalue weighted by molar-refractivity contribution is 5.88. The molecule has 1 aromatic heterocycles. The summed E-state index contributed by atoms with van der Waals surface area (Å²) in [7, 11) is 6.57. The molecule has 3 aromatic rings. The van der Waals surface area contributed by atoms with Crippen molar-refractivity contribution in [3.05, 3.63) is 46.6 Å². The summed E-state index contributed by atoms with van der Waals surface area (Å²) >= 11 is 0. The highest BCUT2D eigenvalue weighted by atomic mass is 16.5. The third kappa shape index (κ3) is 4.85. The number of ether oxygens (including phenoxy) is 4. The van der Waals surface area contributed by atoms with Crippen LogP contribution in [0.4, 0.5) is 0 Å². The van der Waals surface area contributed by atoms with Gasteiger partial charge in [-0.1, -0.05) is 6.42 Å². The fourth-order valence-corrected chi connectivity index (χ4v) is 4.71. The van der Waals surface area contributed by atoms with Gasteiger partial charge in [0.1, 0.15) is 5.75 Å². The van der Waals surface area contributed by atoms with Crippen molar-refractivity contribution in [1.82, 2.24) is 9.47 Å². The van der Waals surface area contributed by atoms with Crippen LogP contribution in [0, 0.1) is 0 Å². The predicted molar refractivity (Wildman–Crippen MR) is 135 cm³/mol. The minimum atomic E-state index is -0.190. The van der Waals surface area contributed by atoms with E-state index in [-0.39, 0.29) is 11.2 Å². The SMILES string of the molecule is COc1cc2c(=O)c(OC)c(-c3ccc(OCCCN4CCCCC4)cc3)n(C)c2cc1OC. The zero-order valence-electron chi connectivity index (χ0n) is 20.6. The second-order valence-electron chi connectivity index (χ2n) is 8.62. The molecule has 4 rings (SSSR count). The van der Waals surface area contributed by atoms with Crippen LogP contribution in [0.3, 0.4) is 0 Å². The van der Waals surface area contributed by atoms with Crippen molar-refractivity contribution < 1.29 is 18.9 Å². The lowest BCUT2D eigenvalue weighted by molar-refractivity contribution is 0.205. The highest BCUT2D eigenvalue weighted by Crippen LogP contribution is 2.36. The van der Waals surface area contributed by atoms with Crippen LogP contribution < -0.4 is 24.4 Å². The van der Waals surface area contributed by atoms with Crippen LogP contribution in [0.1, 0.15) is 25.7 Å². The van der Waals surface area contributed by atoms with Crippen LogP contribution >= 0.6 is 0 Å². The molecule has 0 atom stereocenters. The first-order valence-corrected chi connectivity index (χ1v) is 11.9. The topological polar surface area (TPSA) is 62.2 Å². The number of aromatic nitrogens is 1. The number of likely N-dealkylation sites (tertiary alicyclic amines) is 1. The van der Waals surface area contributed by atoms with Crippen molar-refractivity contribution in [1.29, 1.82) is 0 Å². The summed E-state index contributed by atoms with van der Waals surface area (Å²) in [6, 6.07) is 11.3. The van der Waals surface area contributed by atoms with Gasteiger partial charge in [-0.25, -0.2) is 0 Å². The molecule has 7 heteroatoms. The first-order valence-electron chi connectivity index (χ1n) is 11.9. The molecular weight excluding hydrogens is 432 g/mol. The van der Waals surface area contributed by atoms with Gasteiger partial charge in [-0.05, 0) is 62.7 Å². The van der Waals surface area contributed by atoms with Crippen molar-refractivity contribution >= 4 is 10.9 Å². The second kappa shape index (κ2) is 10.8. The number of fused-ring (bicyclic) bond motifs is 1. The number of benzene rings is 2. The molecule has 7 nitrogen and oxygen atoms in total. The molecule has 34 heavy (non-hydrogen) atoms. The number of nitrogens with zero attached hydrogens (tertiary/aromatic N) is 2. The van der Waals surface area contributed by atoms with Gasteiger partial charge in [0.2, 0.25) is 5.43 Å². The van der Waals surface area contributed by atoms with Crippen molar-refractivity contribution in [2.75, 3.05) is 47.6 Å². The Labute approximate surface area is 200 Å². The van der Waals surface area contributed by atoms with Crippen LogP contribution in [0.2, 0.25) is 0 Å². The molecule has 1 fully saturated rings. The lowest BCUT2D eigenvalue weighted by atomic mass is 10.1. The van der Waals surface area contributed by atoms with E-state index in [1.54, 1.807) is 20.3 Å². The number of rotatable bonds is 9. The molecule has 0 amide bonds. The lowest BCUT2D eigenvalue weighted by Crippen LogP contribution is -2.31. The Hall–Kier alpha value is -3.19. The Morgan fingerprint density at radius 3 is 2.21 bits per heavy atom. The number of pyridine rings is 1. The van der Waals surface area contributed by atoms with E-state index >= 15 is 0 Å². The molecular formula is C27H34N2O5. The number of methoxy groups -OCH3 is 3. The first-order chi connectivity index (χ1) is 16.6. The molecule has 0 spiro atoms. The molecule has 1 aliphatic rings. The van der Waals surface area contributed by atoms with E-state index in [4.69, 9.17) is 18.9 Å². The number of piperidine rings is 1. The molecule has 0 N–H and O–H groups in total. The van der Waals surface area contributed by atoms with Gasteiger partial charge in [-0.15, -0.1) is 0 Å². The molecule has 0 unspecified atom stereocenters. The smallest absolute Gasteiger partial charge is 0.231 e. The van der Waals surface area contributed by atoms with Gasteiger partial charge in [0.05, 0.1) is 44.5 Å². The Bertz CT molecular complexity index is 1180. The fraction of sp³-hybridized carbons (Fsp3) is 0.444. The zero-order valence-corrected chi connectivity index (χ0v) is 20.6. The molecule has 1 saturated heterocycles. The average Bonchev–Trinajstić information content (AvgIpc) is 2.88. The Morgan fingerprint density at radius 1 is 0.882 bits per heavy atom. The summed E-state index contributed by atoms with van der Waals surface area (Å²) in [6.45, 7) is 4.19. The Balaban J connectivity index is 1.57. The minimum Gasteiger partial charge on any atom is -0.494 e. The van der Waals surface area contributed by atoms with Crippen LogP contribution in [0.25, 0.3) is 22.2 Å². The standard InChI is InChI=1S/C27H34N2O5/c1-28-22-18-24(32-3)23(31-2)17-21(22)26(30)27(33-4)25(28)19-9-11-20(12-10-19)34-16-8-15-29-13-6-5-7-14-29/h9-12,17-18H,5-8,13-16H2,1-4H3. The predicted octanol–water partition coefficient (Wildman–Crippen LogP) is 4.49. The maximum absolute atomic E-state index is 13.3. The van der Waals surface area contributed by atoms with Crippen molar-refractivity contribution in [3.8, 4) is 34.3 Å². The third-order valence-electron chi connectivity index (χ3n) is 6.53. The number of aryl methyl sites for hydroxylation is 1. The quantitative estimate of drug-likeness (QED) is 0.433. The van der Waals surface area contributed by atoms with Crippen LogP contribution in [-0.2, 0) is 7.05 Å². The minimum absolute atomic E-state index is 0.190. The summed E-state index contributed by atoms with van der Waals surface area (Å²) in [5.41, 5.74) is 2.11. The van der Waals surface area contributed by atoms with Gasteiger partial charge < -0.3 is 28.4 Å². The second-order valence-corrected chi connectivity index (χ2v) is 8.62. The molecule has 2 aromatic carbocycles. The van der Waals surface area contributed by atoms with E-state index < -0.39 is 0 Å². The van der Waals surface area contributed by atoms with Crippen LogP contribution in [0.15, 0.2) is 41.2 Å². The summed E-state index contributed by atoms with van der Waals surface area (Å²) < 4.78 is 24.3. The molecule has 2 heterocycles. The van der Waals surface area contributed by atoms with Gasteiger partial charge in [-0.2, -0.15) is 0 Å². The Kier molecular flexibility index (Phi) is 7.63. The maximum atomic E-state index is 13.3. The van der Waals surface area contributed by atoms with Crippen molar-refractivity contribution in [2.45, 2.75) is 25.7 Å². The van der Waals surface area contributed by atoms with Gasteiger partial charge in [-0.3, -0.25) is 4.79 Å². The summed E-state index contributed by atoms with van der Waals surface area (Å²) in [5, 5.41) is 0.509. The largest absolute Gasteiger partial charge is 0.494 e. The molecule has 0 bridgehead atoms. The maximum Gasteiger partial charge on any atom is 0.231 e. The van der Waals surface area contributed by atoms with E-state index in [1.165, 1.54) is 39.5 Å². The molecule has 1 aliphatic heterocycles. The molecule has 0 aliphatic carbocycles. The number of hydrogen-bond donors (Lipinski definition) is 0. The van der Waals surface area contributed by atoms with E-state index in [0.29, 0.717) is 29.2 Å². The van der Waals surface area contributed by atoms with E-state index in [0.717, 1.165) is 29.8 Å². The average molecular weight is 467 g/mol. The van der Waals surface area contributed by atoms with E-state index in [2.05, 4.69) is 4.90 Å². The van der Waals surface area contributed by atoms with Crippen LogP contribution in [-0.4, -0.2) is 57.0 Å². The normalized spacial score (nSPS) is 14.2. The third-order valence-corrected chi connectivity index (χ3v) is 6.53. The van der Waals surface area contributed by atoms with Crippen molar-refractivity contribution in [3.63, 3.8) is 0 Å². The van der Waals surface area contributed by atoms with Crippen LogP contribution in [0.5, 0.6) is 23.0 Å². The van der Waals surface area contributed by atoms with Gasteiger partial charge >= 0.3 is 0 Å². The summed E-state index contributed by atoms with van der Waals surface area (Å²) in [5.74, 6) is 2.18.